The van der Waals surface area contributed by atoms with Crippen molar-refractivity contribution in [2.24, 2.45) is 0 Å². The molecule has 3 rings (SSSR count). The summed E-state index contributed by atoms with van der Waals surface area (Å²) in [6.45, 7) is 1.36. The van der Waals surface area contributed by atoms with Gasteiger partial charge in [-0.3, -0.25) is 4.79 Å². The zero-order valence-electron chi connectivity index (χ0n) is 12.3. The monoisotopic (exact) mass is 320 g/mol. The van der Waals surface area contributed by atoms with Crippen molar-refractivity contribution in [3.63, 3.8) is 0 Å². The van der Waals surface area contributed by atoms with Gasteiger partial charge in [0.05, 0.1) is 6.10 Å². The predicted molar refractivity (Wildman–Crippen MR) is 82.9 cm³/mol. The van der Waals surface area contributed by atoms with E-state index in [2.05, 4.69) is 5.16 Å². The molecule has 0 saturated carbocycles. The van der Waals surface area contributed by atoms with Crippen molar-refractivity contribution >= 4 is 17.5 Å². The zero-order valence-corrected chi connectivity index (χ0v) is 13.0. The van der Waals surface area contributed by atoms with Gasteiger partial charge in [-0.1, -0.05) is 16.8 Å². The standard InChI is InChI=1S/C16H17ClN2O3/c1-21-13-6-8-19(9-7-13)16(20)14-10-15(22-18-14)11-2-4-12(17)5-3-11/h2-5,10,13H,6-9H2,1H3. The number of ether oxygens (including phenoxy) is 1. The van der Waals surface area contributed by atoms with Crippen molar-refractivity contribution < 1.29 is 14.1 Å². The number of benzene rings is 1. The Kier molecular flexibility index (Phi) is 4.45. The summed E-state index contributed by atoms with van der Waals surface area (Å²) < 4.78 is 10.6. The van der Waals surface area contributed by atoms with Crippen LogP contribution in [0.2, 0.25) is 5.02 Å². The van der Waals surface area contributed by atoms with Crippen LogP contribution in [-0.4, -0.2) is 42.3 Å². The molecule has 2 aromatic rings. The molecule has 0 atom stereocenters. The van der Waals surface area contributed by atoms with Crippen LogP contribution in [0.5, 0.6) is 0 Å². The molecule has 0 N–H and O–H groups in total. The molecular weight excluding hydrogens is 304 g/mol. The van der Waals surface area contributed by atoms with Gasteiger partial charge < -0.3 is 14.2 Å². The first-order valence-corrected chi connectivity index (χ1v) is 7.60. The molecular formula is C16H17ClN2O3. The molecule has 22 heavy (non-hydrogen) atoms. The third kappa shape index (κ3) is 3.15. The highest BCUT2D eigenvalue weighted by Crippen LogP contribution is 2.23. The van der Waals surface area contributed by atoms with E-state index in [1.54, 1.807) is 30.2 Å². The number of methoxy groups -OCH3 is 1. The highest BCUT2D eigenvalue weighted by atomic mass is 35.5. The third-order valence-corrected chi connectivity index (χ3v) is 4.17. The molecule has 0 spiro atoms. The number of hydrogen-bond donors (Lipinski definition) is 0. The number of hydrogen-bond acceptors (Lipinski definition) is 4. The number of likely N-dealkylation sites (tertiary alicyclic amines) is 1. The van der Waals surface area contributed by atoms with Gasteiger partial charge in [0.25, 0.3) is 5.91 Å². The average molecular weight is 321 g/mol. The maximum atomic E-state index is 12.4. The summed E-state index contributed by atoms with van der Waals surface area (Å²) in [7, 11) is 1.71. The van der Waals surface area contributed by atoms with E-state index in [1.165, 1.54) is 0 Å². The summed E-state index contributed by atoms with van der Waals surface area (Å²) in [4.78, 5) is 14.2. The first kappa shape index (κ1) is 15.1. The Morgan fingerprint density at radius 1 is 1.32 bits per heavy atom. The summed E-state index contributed by atoms with van der Waals surface area (Å²) in [6.07, 6.45) is 1.94. The normalized spacial score (nSPS) is 16.0. The Balaban J connectivity index is 1.71. The summed E-state index contributed by atoms with van der Waals surface area (Å²) >= 11 is 5.86. The lowest BCUT2D eigenvalue weighted by atomic mass is 10.1. The van der Waals surface area contributed by atoms with E-state index in [1.807, 2.05) is 12.1 Å². The van der Waals surface area contributed by atoms with Gasteiger partial charge in [0.1, 0.15) is 0 Å². The zero-order chi connectivity index (χ0) is 15.5. The van der Waals surface area contributed by atoms with Gasteiger partial charge >= 0.3 is 0 Å². The molecule has 1 aliphatic rings. The van der Waals surface area contributed by atoms with Gasteiger partial charge in [-0.15, -0.1) is 0 Å². The quantitative estimate of drug-likeness (QED) is 0.871. The van der Waals surface area contributed by atoms with E-state index in [9.17, 15) is 4.79 Å². The summed E-state index contributed by atoms with van der Waals surface area (Å²) in [6, 6.07) is 8.89. The maximum absolute atomic E-state index is 12.4. The molecule has 0 unspecified atom stereocenters. The average Bonchev–Trinajstić information content (AvgIpc) is 3.05. The van der Waals surface area contributed by atoms with Crippen LogP contribution < -0.4 is 0 Å². The number of amides is 1. The molecule has 1 aliphatic heterocycles. The Labute approximate surface area is 133 Å². The SMILES string of the molecule is COC1CCN(C(=O)c2cc(-c3ccc(Cl)cc3)on2)CC1. The molecule has 5 nitrogen and oxygen atoms in total. The van der Waals surface area contributed by atoms with Crippen molar-refractivity contribution in [1.29, 1.82) is 0 Å². The molecule has 2 heterocycles. The maximum Gasteiger partial charge on any atom is 0.276 e. The van der Waals surface area contributed by atoms with Gasteiger partial charge in [0, 0.05) is 36.9 Å². The third-order valence-electron chi connectivity index (χ3n) is 3.92. The minimum absolute atomic E-state index is 0.0986. The molecule has 1 fully saturated rings. The minimum atomic E-state index is -0.0986. The minimum Gasteiger partial charge on any atom is -0.381 e. The number of carbonyl (C=O) groups is 1. The summed E-state index contributed by atoms with van der Waals surface area (Å²) in [5.41, 5.74) is 1.18. The molecule has 6 heteroatoms. The lowest BCUT2D eigenvalue weighted by Crippen LogP contribution is -2.40. The van der Waals surface area contributed by atoms with Crippen LogP contribution in [0.1, 0.15) is 23.3 Å². The van der Waals surface area contributed by atoms with Crippen LogP contribution >= 0.6 is 11.6 Å². The van der Waals surface area contributed by atoms with Crippen molar-refractivity contribution in [1.82, 2.24) is 10.1 Å². The molecule has 0 bridgehead atoms. The first-order valence-electron chi connectivity index (χ1n) is 7.22. The van der Waals surface area contributed by atoms with Crippen LogP contribution in [0.25, 0.3) is 11.3 Å². The fraction of sp³-hybridized carbons (Fsp3) is 0.375. The number of rotatable bonds is 3. The molecule has 0 aliphatic carbocycles. The summed E-state index contributed by atoms with van der Waals surface area (Å²) in [5.74, 6) is 0.463. The highest BCUT2D eigenvalue weighted by molar-refractivity contribution is 6.30. The topological polar surface area (TPSA) is 55.6 Å². The number of piperidine rings is 1. The Morgan fingerprint density at radius 2 is 2.00 bits per heavy atom. The van der Waals surface area contributed by atoms with Crippen LogP contribution in [-0.2, 0) is 4.74 Å². The number of carbonyl (C=O) groups excluding carboxylic acids is 1. The first-order chi connectivity index (χ1) is 10.7. The van der Waals surface area contributed by atoms with Crippen LogP contribution in [0.15, 0.2) is 34.9 Å². The van der Waals surface area contributed by atoms with Gasteiger partial charge in [0.15, 0.2) is 11.5 Å². The molecule has 0 radical (unpaired) electrons. The van der Waals surface area contributed by atoms with E-state index >= 15 is 0 Å². The van der Waals surface area contributed by atoms with Crippen LogP contribution in [0.3, 0.4) is 0 Å². The lowest BCUT2D eigenvalue weighted by molar-refractivity contribution is 0.0345. The molecule has 1 saturated heterocycles. The van der Waals surface area contributed by atoms with E-state index in [0.29, 0.717) is 29.6 Å². The largest absolute Gasteiger partial charge is 0.381 e. The van der Waals surface area contributed by atoms with Gasteiger partial charge in [-0.05, 0) is 37.1 Å². The second-order valence-electron chi connectivity index (χ2n) is 5.31. The number of halogens is 1. The molecule has 1 amide bonds. The number of aromatic nitrogens is 1. The van der Waals surface area contributed by atoms with Crippen molar-refractivity contribution in [3.05, 3.63) is 41.0 Å². The smallest absolute Gasteiger partial charge is 0.276 e. The van der Waals surface area contributed by atoms with Crippen LogP contribution in [0, 0.1) is 0 Å². The second-order valence-corrected chi connectivity index (χ2v) is 5.75. The summed E-state index contributed by atoms with van der Waals surface area (Å²) in [5, 5.41) is 4.55. The number of nitrogens with zero attached hydrogens (tertiary/aromatic N) is 2. The van der Waals surface area contributed by atoms with Gasteiger partial charge in [0.2, 0.25) is 0 Å². The Morgan fingerprint density at radius 3 is 2.64 bits per heavy atom. The van der Waals surface area contributed by atoms with E-state index in [4.69, 9.17) is 20.9 Å². The highest BCUT2D eigenvalue weighted by Gasteiger charge is 2.25. The van der Waals surface area contributed by atoms with E-state index in [0.717, 1.165) is 18.4 Å². The van der Waals surface area contributed by atoms with E-state index < -0.39 is 0 Å². The Hall–Kier alpha value is -1.85. The lowest BCUT2D eigenvalue weighted by Gasteiger charge is -2.30. The predicted octanol–water partition coefficient (Wildman–Crippen LogP) is 3.25. The van der Waals surface area contributed by atoms with Crippen molar-refractivity contribution in [2.45, 2.75) is 18.9 Å². The van der Waals surface area contributed by atoms with Crippen molar-refractivity contribution in [3.8, 4) is 11.3 Å². The Bertz CT molecular complexity index is 646. The van der Waals surface area contributed by atoms with Gasteiger partial charge in [-0.25, -0.2) is 0 Å². The van der Waals surface area contributed by atoms with Gasteiger partial charge in [-0.2, -0.15) is 0 Å². The van der Waals surface area contributed by atoms with Crippen molar-refractivity contribution in [2.75, 3.05) is 20.2 Å². The molecule has 1 aromatic heterocycles. The molecule has 116 valence electrons. The van der Waals surface area contributed by atoms with Crippen LogP contribution in [0.4, 0.5) is 0 Å². The van der Waals surface area contributed by atoms with E-state index in [-0.39, 0.29) is 12.0 Å². The fourth-order valence-corrected chi connectivity index (χ4v) is 2.71. The molecule has 1 aromatic carbocycles. The second kappa shape index (κ2) is 6.50. The fourth-order valence-electron chi connectivity index (χ4n) is 2.58.